The van der Waals surface area contributed by atoms with Crippen LogP contribution in [0.4, 0.5) is 10.5 Å². The number of nitrogens with zero attached hydrogens (tertiary/aromatic N) is 3. The van der Waals surface area contributed by atoms with Crippen LogP contribution in [0.25, 0.3) is 5.69 Å². The van der Waals surface area contributed by atoms with Gasteiger partial charge in [-0.25, -0.2) is 4.79 Å². The van der Waals surface area contributed by atoms with Crippen molar-refractivity contribution in [3.8, 4) is 11.4 Å². The van der Waals surface area contributed by atoms with Crippen LogP contribution in [0.5, 0.6) is 5.75 Å². The lowest BCUT2D eigenvalue weighted by molar-refractivity contribution is 0.0671. The highest BCUT2D eigenvalue weighted by Gasteiger charge is 2.25. The van der Waals surface area contributed by atoms with Gasteiger partial charge < -0.3 is 24.4 Å². The zero-order chi connectivity index (χ0) is 20.9. The van der Waals surface area contributed by atoms with E-state index >= 15 is 0 Å². The van der Waals surface area contributed by atoms with Crippen LogP contribution in [0.1, 0.15) is 10.4 Å². The summed E-state index contributed by atoms with van der Waals surface area (Å²) in [5.41, 5.74) is 2.31. The molecule has 3 amide bonds. The average molecular weight is 404 g/mol. The molecule has 1 aliphatic heterocycles. The number of carbonyl (C=O) groups is 2. The lowest BCUT2D eigenvalue weighted by Crippen LogP contribution is -2.51. The molecule has 0 saturated carbocycles. The van der Waals surface area contributed by atoms with E-state index in [1.54, 1.807) is 35.1 Å². The number of ether oxygens (including phenoxy) is 1. The van der Waals surface area contributed by atoms with E-state index in [0.29, 0.717) is 37.5 Å². The number of amides is 3. The Morgan fingerprint density at radius 1 is 0.867 bits per heavy atom. The summed E-state index contributed by atoms with van der Waals surface area (Å²) in [6.07, 6.45) is 3.92. The van der Waals surface area contributed by atoms with Crippen LogP contribution in [0, 0.1) is 0 Å². The van der Waals surface area contributed by atoms with Gasteiger partial charge in [0.2, 0.25) is 0 Å². The molecule has 1 saturated heterocycles. The summed E-state index contributed by atoms with van der Waals surface area (Å²) in [5.74, 6) is 0.606. The zero-order valence-electron chi connectivity index (χ0n) is 16.8. The van der Waals surface area contributed by atoms with Crippen LogP contribution in [0.3, 0.4) is 0 Å². The Morgan fingerprint density at radius 3 is 2.30 bits per heavy atom. The Hall–Kier alpha value is -3.74. The molecule has 1 fully saturated rings. The van der Waals surface area contributed by atoms with Crippen molar-refractivity contribution < 1.29 is 14.3 Å². The number of carbonyl (C=O) groups excluding carboxylic acids is 2. The van der Waals surface area contributed by atoms with Crippen LogP contribution in [0.15, 0.2) is 73.1 Å². The van der Waals surface area contributed by atoms with E-state index in [1.165, 1.54) is 0 Å². The first-order chi connectivity index (χ1) is 14.6. The minimum absolute atomic E-state index is 0.0478. The monoisotopic (exact) mass is 404 g/mol. The normalized spacial score (nSPS) is 13.8. The third-order valence-corrected chi connectivity index (χ3v) is 5.17. The van der Waals surface area contributed by atoms with E-state index in [0.717, 1.165) is 11.4 Å². The third kappa shape index (κ3) is 4.30. The Balaban J connectivity index is 1.34. The molecular formula is C23H24N4O3. The molecule has 1 N–H and O–H groups in total. The van der Waals surface area contributed by atoms with Gasteiger partial charge in [-0.05, 0) is 48.5 Å². The molecule has 7 heteroatoms. The van der Waals surface area contributed by atoms with Gasteiger partial charge in [0.1, 0.15) is 5.75 Å². The smallest absolute Gasteiger partial charge is 0.321 e. The number of methoxy groups -OCH3 is 1. The third-order valence-electron chi connectivity index (χ3n) is 5.17. The molecule has 0 radical (unpaired) electrons. The highest BCUT2D eigenvalue weighted by atomic mass is 16.5. The Morgan fingerprint density at radius 2 is 1.57 bits per heavy atom. The van der Waals surface area contributed by atoms with Gasteiger partial charge in [0, 0.05) is 55.5 Å². The van der Waals surface area contributed by atoms with Crippen LogP contribution in [-0.4, -0.2) is 59.6 Å². The lowest BCUT2D eigenvalue weighted by Gasteiger charge is -2.34. The van der Waals surface area contributed by atoms with Crippen molar-refractivity contribution in [3.05, 3.63) is 78.6 Å². The molecule has 2 heterocycles. The Kier molecular flexibility index (Phi) is 5.70. The Labute approximate surface area is 175 Å². The Bertz CT molecular complexity index is 1020. The minimum Gasteiger partial charge on any atom is -0.497 e. The molecule has 0 bridgehead atoms. The molecule has 1 aliphatic rings. The summed E-state index contributed by atoms with van der Waals surface area (Å²) in [6, 6.07) is 18.6. The fraction of sp³-hybridized carbons (Fsp3) is 0.217. The second kappa shape index (κ2) is 8.73. The second-order valence-electron chi connectivity index (χ2n) is 7.08. The van der Waals surface area contributed by atoms with Crippen molar-refractivity contribution in [2.75, 3.05) is 38.6 Å². The van der Waals surface area contributed by atoms with E-state index in [2.05, 4.69) is 5.32 Å². The number of hydrogen-bond acceptors (Lipinski definition) is 3. The fourth-order valence-electron chi connectivity index (χ4n) is 3.50. The molecule has 30 heavy (non-hydrogen) atoms. The quantitative estimate of drug-likeness (QED) is 0.724. The predicted octanol–water partition coefficient (Wildman–Crippen LogP) is 3.48. The van der Waals surface area contributed by atoms with Gasteiger partial charge in [-0.2, -0.15) is 0 Å². The van der Waals surface area contributed by atoms with Crippen molar-refractivity contribution in [2.45, 2.75) is 0 Å². The van der Waals surface area contributed by atoms with Crippen molar-refractivity contribution in [1.29, 1.82) is 0 Å². The first-order valence-corrected chi connectivity index (χ1v) is 9.87. The summed E-state index contributed by atoms with van der Waals surface area (Å²) in [7, 11) is 1.58. The number of nitrogens with one attached hydrogen (secondary N) is 1. The van der Waals surface area contributed by atoms with Gasteiger partial charge in [0.05, 0.1) is 7.11 Å². The molecule has 154 valence electrons. The van der Waals surface area contributed by atoms with Gasteiger partial charge in [0.25, 0.3) is 5.91 Å². The maximum absolute atomic E-state index is 12.7. The van der Waals surface area contributed by atoms with Gasteiger partial charge in [0.15, 0.2) is 0 Å². The first kappa shape index (κ1) is 19.6. The molecule has 3 aromatic rings. The zero-order valence-corrected chi connectivity index (χ0v) is 16.8. The van der Waals surface area contributed by atoms with Crippen molar-refractivity contribution in [1.82, 2.24) is 14.4 Å². The van der Waals surface area contributed by atoms with Crippen LogP contribution < -0.4 is 10.1 Å². The predicted molar refractivity (Wildman–Crippen MR) is 115 cm³/mol. The van der Waals surface area contributed by atoms with Crippen LogP contribution in [-0.2, 0) is 0 Å². The molecule has 4 rings (SSSR count). The summed E-state index contributed by atoms with van der Waals surface area (Å²) in [5, 5.41) is 2.96. The summed E-state index contributed by atoms with van der Waals surface area (Å²) in [6.45, 7) is 1.96. The molecule has 0 atom stereocenters. The summed E-state index contributed by atoms with van der Waals surface area (Å²) in [4.78, 5) is 28.9. The van der Waals surface area contributed by atoms with Crippen LogP contribution >= 0.6 is 0 Å². The standard InChI is InChI=1S/C23H24N4O3/c1-30-21-9-4-6-18(16-21)22(28)26-12-14-27(15-13-26)23(29)24-19-7-5-8-20(17-19)25-10-2-3-11-25/h2-11,16-17H,12-15H2,1H3,(H,24,29). The SMILES string of the molecule is COc1cccc(C(=O)N2CCN(C(=O)Nc3cccc(-n4cccc4)c3)CC2)c1. The number of hydrogen-bond donors (Lipinski definition) is 1. The molecule has 0 aliphatic carbocycles. The number of benzene rings is 2. The topological polar surface area (TPSA) is 66.8 Å². The van der Waals surface area contributed by atoms with Crippen molar-refractivity contribution in [2.24, 2.45) is 0 Å². The number of urea groups is 1. The van der Waals surface area contributed by atoms with Gasteiger partial charge in [-0.3, -0.25) is 4.79 Å². The van der Waals surface area contributed by atoms with E-state index in [4.69, 9.17) is 4.74 Å². The summed E-state index contributed by atoms with van der Waals surface area (Å²) < 4.78 is 7.18. The van der Waals surface area contributed by atoms with E-state index < -0.39 is 0 Å². The highest BCUT2D eigenvalue weighted by Crippen LogP contribution is 2.18. The molecule has 2 aromatic carbocycles. The maximum Gasteiger partial charge on any atom is 0.321 e. The molecule has 1 aromatic heterocycles. The largest absolute Gasteiger partial charge is 0.497 e. The summed E-state index contributed by atoms with van der Waals surface area (Å²) >= 11 is 0. The van der Waals surface area contributed by atoms with Crippen molar-refractivity contribution >= 4 is 17.6 Å². The number of piperazine rings is 1. The van der Waals surface area contributed by atoms with Gasteiger partial charge in [-0.1, -0.05) is 12.1 Å². The lowest BCUT2D eigenvalue weighted by atomic mass is 10.1. The second-order valence-corrected chi connectivity index (χ2v) is 7.08. The first-order valence-electron chi connectivity index (χ1n) is 9.87. The van der Waals surface area contributed by atoms with E-state index in [9.17, 15) is 9.59 Å². The van der Waals surface area contributed by atoms with E-state index in [-0.39, 0.29) is 11.9 Å². The van der Waals surface area contributed by atoms with Crippen LogP contribution in [0.2, 0.25) is 0 Å². The minimum atomic E-state index is -0.159. The number of anilines is 1. The highest BCUT2D eigenvalue weighted by molar-refractivity contribution is 5.95. The molecule has 0 spiro atoms. The van der Waals surface area contributed by atoms with Gasteiger partial charge in [-0.15, -0.1) is 0 Å². The maximum atomic E-state index is 12.7. The molecular weight excluding hydrogens is 380 g/mol. The van der Waals surface area contributed by atoms with E-state index in [1.807, 2.05) is 59.4 Å². The molecule has 7 nitrogen and oxygen atoms in total. The number of rotatable bonds is 4. The van der Waals surface area contributed by atoms with Gasteiger partial charge >= 0.3 is 6.03 Å². The molecule has 0 unspecified atom stereocenters. The van der Waals surface area contributed by atoms with Crippen molar-refractivity contribution in [3.63, 3.8) is 0 Å². The number of aromatic nitrogens is 1. The average Bonchev–Trinajstić information content (AvgIpc) is 3.34. The fourth-order valence-corrected chi connectivity index (χ4v) is 3.50.